The van der Waals surface area contributed by atoms with Crippen LogP contribution in [0.4, 0.5) is 5.69 Å². The number of carbonyl (C=O) groups excluding carboxylic acids is 1. The predicted molar refractivity (Wildman–Crippen MR) is 83.5 cm³/mol. The molecule has 102 valence electrons. The van der Waals surface area contributed by atoms with Gasteiger partial charge in [0.1, 0.15) is 0 Å². The summed E-state index contributed by atoms with van der Waals surface area (Å²) in [5, 5.41) is 6.23. The van der Waals surface area contributed by atoms with E-state index in [0.29, 0.717) is 0 Å². The summed E-state index contributed by atoms with van der Waals surface area (Å²) in [7, 11) is 0. The van der Waals surface area contributed by atoms with Crippen molar-refractivity contribution >= 4 is 27.5 Å². The Hall–Kier alpha value is -1.65. The molecule has 1 heterocycles. The van der Waals surface area contributed by atoms with Gasteiger partial charge in [-0.15, -0.1) is 0 Å². The van der Waals surface area contributed by atoms with E-state index >= 15 is 0 Å². The van der Waals surface area contributed by atoms with Crippen LogP contribution in [0.3, 0.4) is 0 Å². The van der Waals surface area contributed by atoms with Crippen molar-refractivity contribution in [2.45, 2.75) is 19.0 Å². The summed E-state index contributed by atoms with van der Waals surface area (Å²) >= 11 is 3.38. The second-order valence-electron chi connectivity index (χ2n) is 4.90. The van der Waals surface area contributed by atoms with Crippen LogP contribution >= 0.6 is 15.9 Å². The Labute approximate surface area is 126 Å². The van der Waals surface area contributed by atoms with Crippen LogP contribution in [0, 0.1) is 0 Å². The number of rotatable bonds is 2. The zero-order valence-electron chi connectivity index (χ0n) is 10.9. The molecule has 0 spiro atoms. The summed E-state index contributed by atoms with van der Waals surface area (Å²) in [6.45, 7) is 0.745. The van der Waals surface area contributed by atoms with Crippen molar-refractivity contribution in [1.29, 1.82) is 0 Å². The van der Waals surface area contributed by atoms with Crippen LogP contribution in [0.1, 0.15) is 11.1 Å². The lowest BCUT2D eigenvalue weighted by atomic mass is 9.95. The highest BCUT2D eigenvalue weighted by molar-refractivity contribution is 9.10. The van der Waals surface area contributed by atoms with Crippen LogP contribution in [0.5, 0.6) is 0 Å². The number of carbonyl (C=O) groups is 1. The van der Waals surface area contributed by atoms with Gasteiger partial charge < -0.3 is 10.6 Å². The Morgan fingerprint density at radius 1 is 1.10 bits per heavy atom. The van der Waals surface area contributed by atoms with Crippen LogP contribution in [0.2, 0.25) is 0 Å². The molecule has 0 saturated carbocycles. The van der Waals surface area contributed by atoms with Gasteiger partial charge >= 0.3 is 0 Å². The van der Waals surface area contributed by atoms with Crippen molar-refractivity contribution in [3.8, 4) is 0 Å². The third-order valence-corrected chi connectivity index (χ3v) is 4.04. The maximum Gasteiger partial charge on any atom is 0.241 e. The van der Waals surface area contributed by atoms with E-state index in [9.17, 15) is 4.79 Å². The molecule has 0 saturated heterocycles. The summed E-state index contributed by atoms with van der Waals surface area (Å²) in [5.74, 6) is 0.0156. The van der Waals surface area contributed by atoms with Gasteiger partial charge in [-0.05, 0) is 41.8 Å². The zero-order valence-corrected chi connectivity index (χ0v) is 12.5. The molecule has 0 aliphatic carbocycles. The van der Waals surface area contributed by atoms with Crippen molar-refractivity contribution in [3.05, 3.63) is 64.1 Å². The minimum Gasteiger partial charge on any atom is -0.325 e. The average molecular weight is 331 g/mol. The van der Waals surface area contributed by atoms with E-state index in [2.05, 4.69) is 38.7 Å². The largest absolute Gasteiger partial charge is 0.325 e. The summed E-state index contributed by atoms with van der Waals surface area (Å²) in [6.07, 6.45) is 0.735. The molecule has 20 heavy (non-hydrogen) atoms. The fraction of sp³-hybridized carbons (Fsp3) is 0.188. The first-order chi connectivity index (χ1) is 9.72. The maximum atomic E-state index is 12.3. The van der Waals surface area contributed by atoms with Crippen molar-refractivity contribution in [3.63, 3.8) is 0 Å². The van der Waals surface area contributed by atoms with Crippen LogP contribution in [0.25, 0.3) is 0 Å². The molecule has 3 nitrogen and oxygen atoms in total. The normalized spacial score (nSPS) is 17.4. The molecule has 4 heteroatoms. The predicted octanol–water partition coefficient (Wildman–Crippen LogP) is 3.10. The maximum absolute atomic E-state index is 12.3. The molecule has 2 aromatic carbocycles. The van der Waals surface area contributed by atoms with Gasteiger partial charge in [0.25, 0.3) is 0 Å². The van der Waals surface area contributed by atoms with Crippen molar-refractivity contribution in [2.24, 2.45) is 0 Å². The molecule has 0 radical (unpaired) electrons. The van der Waals surface area contributed by atoms with Gasteiger partial charge in [0.05, 0.1) is 6.04 Å². The lowest BCUT2D eigenvalue weighted by Gasteiger charge is -2.25. The Kier molecular flexibility index (Phi) is 3.85. The van der Waals surface area contributed by atoms with Gasteiger partial charge in [0, 0.05) is 16.7 Å². The monoisotopic (exact) mass is 330 g/mol. The molecule has 0 bridgehead atoms. The lowest BCUT2D eigenvalue weighted by Crippen LogP contribution is -2.44. The summed E-state index contributed by atoms with van der Waals surface area (Å²) in [4.78, 5) is 12.3. The van der Waals surface area contributed by atoms with E-state index in [1.807, 2.05) is 36.4 Å². The molecule has 3 rings (SSSR count). The molecular formula is C16H15BrN2O. The fourth-order valence-corrected chi connectivity index (χ4v) is 2.67. The standard InChI is InChI=1S/C16H15BrN2O/c17-13-5-7-14(8-6-13)19-16(20)15-9-11-3-1-2-4-12(11)10-18-15/h1-8,15,18H,9-10H2,(H,19,20). The fourth-order valence-electron chi connectivity index (χ4n) is 2.40. The molecule has 1 atom stereocenters. The quantitative estimate of drug-likeness (QED) is 0.888. The number of hydrogen-bond donors (Lipinski definition) is 2. The van der Waals surface area contributed by atoms with E-state index in [0.717, 1.165) is 23.1 Å². The minimum atomic E-state index is -0.173. The first kappa shape index (κ1) is 13.3. The Morgan fingerprint density at radius 3 is 2.55 bits per heavy atom. The average Bonchev–Trinajstić information content (AvgIpc) is 2.49. The highest BCUT2D eigenvalue weighted by Crippen LogP contribution is 2.18. The third-order valence-electron chi connectivity index (χ3n) is 3.51. The van der Waals surface area contributed by atoms with Gasteiger partial charge in [-0.25, -0.2) is 0 Å². The zero-order chi connectivity index (χ0) is 13.9. The molecule has 1 amide bonds. The van der Waals surface area contributed by atoms with Gasteiger partial charge in [0.2, 0.25) is 5.91 Å². The SMILES string of the molecule is O=C(Nc1ccc(Br)cc1)C1Cc2ccccc2CN1. The summed E-state index contributed by atoms with van der Waals surface area (Å²) < 4.78 is 1.00. The lowest BCUT2D eigenvalue weighted by molar-refractivity contribution is -0.118. The summed E-state index contributed by atoms with van der Waals surface area (Å²) in [5.41, 5.74) is 3.35. The topological polar surface area (TPSA) is 41.1 Å². The van der Waals surface area contributed by atoms with Gasteiger partial charge in [-0.3, -0.25) is 4.79 Å². The smallest absolute Gasteiger partial charge is 0.241 e. The molecule has 2 aromatic rings. The van der Waals surface area contributed by atoms with Crippen LogP contribution < -0.4 is 10.6 Å². The number of anilines is 1. The van der Waals surface area contributed by atoms with Crippen molar-refractivity contribution in [2.75, 3.05) is 5.32 Å². The van der Waals surface area contributed by atoms with E-state index < -0.39 is 0 Å². The molecule has 1 unspecified atom stereocenters. The Morgan fingerprint density at radius 2 is 1.80 bits per heavy atom. The second-order valence-corrected chi connectivity index (χ2v) is 5.82. The second kappa shape index (κ2) is 5.77. The van der Waals surface area contributed by atoms with Gasteiger partial charge in [-0.2, -0.15) is 0 Å². The van der Waals surface area contributed by atoms with Crippen molar-refractivity contribution in [1.82, 2.24) is 5.32 Å². The van der Waals surface area contributed by atoms with Crippen molar-refractivity contribution < 1.29 is 4.79 Å². The molecule has 1 aliphatic heterocycles. The van der Waals surface area contributed by atoms with E-state index in [4.69, 9.17) is 0 Å². The molecule has 0 aromatic heterocycles. The molecule has 1 aliphatic rings. The minimum absolute atomic E-state index is 0.0156. The number of benzene rings is 2. The Bertz CT molecular complexity index is 625. The number of halogens is 1. The number of amides is 1. The summed E-state index contributed by atoms with van der Waals surface area (Å²) in [6, 6.07) is 15.7. The van der Waals surface area contributed by atoms with Gasteiger partial charge in [-0.1, -0.05) is 40.2 Å². The molecule has 2 N–H and O–H groups in total. The molecular weight excluding hydrogens is 316 g/mol. The van der Waals surface area contributed by atoms with Gasteiger partial charge in [0.15, 0.2) is 0 Å². The highest BCUT2D eigenvalue weighted by atomic mass is 79.9. The van der Waals surface area contributed by atoms with Crippen LogP contribution in [-0.4, -0.2) is 11.9 Å². The number of nitrogens with one attached hydrogen (secondary N) is 2. The van der Waals surface area contributed by atoms with E-state index in [1.54, 1.807) is 0 Å². The van der Waals surface area contributed by atoms with E-state index in [1.165, 1.54) is 11.1 Å². The first-order valence-corrected chi connectivity index (χ1v) is 7.38. The number of hydrogen-bond acceptors (Lipinski definition) is 2. The first-order valence-electron chi connectivity index (χ1n) is 6.59. The third kappa shape index (κ3) is 2.92. The Balaban J connectivity index is 1.68. The number of fused-ring (bicyclic) bond motifs is 1. The van der Waals surface area contributed by atoms with Crippen LogP contribution in [0.15, 0.2) is 53.0 Å². The highest BCUT2D eigenvalue weighted by Gasteiger charge is 2.23. The van der Waals surface area contributed by atoms with E-state index in [-0.39, 0.29) is 11.9 Å². The van der Waals surface area contributed by atoms with Crippen LogP contribution in [-0.2, 0) is 17.8 Å². The molecule has 0 fully saturated rings.